The fraction of sp³-hybridized carbons (Fsp3) is 0.346. The Kier molecular flexibility index (Phi) is 9.56. The van der Waals surface area contributed by atoms with Gasteiger partial charge in [0.2, 0.25) is 0 Å². The predicted molar refractivity (Wildman–Crippen MR) is 133 cm³/mol. The van der Waals surface area contributed by atoms with E-state index in [2.05, 4.69) is 26.9 Å². The molecule has 186 valence electrons. The number of piperidine rings is 1. The quantitative estimate of drug-likeness (QED) is 0.505. The summed E-state index contributed by atoms with van der Waals surface area (Å²) in [6.07, 6.45) is 4.34. The fourth-order valence-corrected chi connectivity index (χ4v) is 4.69. The molecule has 7 nitrogen and oxygen atoms in total. The number of hydrogen-bond donors (Lipinski definition) is 2. The third-order valence-electron chi connectivity index (χ3n) is 6.13. The van der Waals surface area contributed by atoms with Gasteiger partial charge < -0.3 is 20.0 Å². The zero-order valence-corrected chi connectivity index (χ0v) is 20.8. The summed E-state index contributed by atoms with van der Waals surface area (Å²) in [6, 6.07) is 12.7. The summed E-state index contributed by atoms with van der Waals surface area (Å²) in [5, 5.41) is 15.6. The number of carboxylic acid groups (broad SMARTS) is 2. The van der Waals surface area contributed by atoms with Crippen molar-refractivity contribution in [2.75, 3.05) is 26.2 Å². The number of likely N-dealkylation sites (tertiary alicyclic amines) is 1. The lowest BCUT2D eigenvalue weighted by Crippen LogP contribution is -2.39. The molecule has 35 heavy (non-hydrogen) atoms. The third-order valence-corrected chi connectivity index (χ3v) is 6.62. The highest BCUT2D eigenvalue weighted by molar-refractivity contribution is 9.10. The Morgan fingerprint density at radius 1 is 1.03 bits per heavy atom. The molecule has 2 N–H and O–H groups in total. The second-order valence-corrected chi connectivity index (χ2v) is 9.57. The number of fused-ring (bicyclic) bond motifs is 1. The van der Waals surface area contributed by atoms with Crippen LogP contribution in [0.5, 0.6) is 0 Å². The highest BCUT2D eigenvalue weighted by atomic mass is 79.9. The first-order valence-electron chi connectivity index (χ1n) is 11.4. The van der Waals surface area contributed by atoms with Gasteiger partial charge in [0, 0.05) is 41.8 Å². The molecule has 0 spiro atoms. The Balaban J connectivity index is 0.000000371. The summed E-state index contributed by atoms with van der Waals surface area (Å²) < 4.78 is 14.0. The lowest BCUT2D eigenvalue weighted by Gasteiger charge is -2.33. The van der Waals surface area contributed by atoms with Gasteiger partial charge in [-0.15, -0.1) is 0 Å². The highest BCUT2D eigenvalue weighted by Gasteiger charge is 2.30. The van der Waals surface area contributed by atoms with Gasteiger partial charge in [-0.05, 0) is 79.7 Å². The number of benzene rings is 2. The van der Waals surface area contributed by atoms with Crippen LogP contribution in [0.2, 0.25) is 0 Å². The second kappa shape index (κ2) is 12.6. The summed E-state index contributed by atoms with van der Waals surface area (Å²) in [6.45, 7) is 4.76. The molecule has 0 aliphatic carbocycles. The van der Waals surface area contributed by atoms with Crippen LogP contribution in [0, 0.1) is 11.7 Å². The average Bonchev–Trinajstić information content (AvgIpc) is 3.13. The minimum atomic E-state index is -1.26. The van der Waals surface area contributed by atoms with Gasteiger partial charge in [0.25, 0.3) is 5.91 Å². The average molecular weight is 547 g/mol. The zero-order chi connectivity index (χ0) is 25.4. The van der Waals surface area contributed by atoms with E-state index >= 15 is 0 Å². The number of rotatable bonds is 7. The van der Waals surface area contributed by atoms with Gasteiger partial charge in [-0.1, -0.05) is 28.1 Å². The molecule has 1 saturated heterocycles. The van der Waals surface area contributed by atoms with Crippen LogP contribution in [0.4, 0.5) is 4.39 Å². The van der Waals surface area contributed by atoms with Crippen molar-refractivity contribution in [1.82, 2.24) is 9.80 Å². The summed E-state index contributed by atoms with van der Waals surface area (Å²) >= 11 is 3.49. The number of carbonyl (C=O) groups excluding carboxylic acids is 1. The Bertz CT molecular complexity index is 1070. The second-order valence-electron chi connectivity index (χ2n) is 8.66. The van der Waals surface area contributed by atoms with Crippen molar-refractivity contribution in [2.24, 2.45) is 5.92 Å². The first-order valence-corrected chi connectivity index (χ1v) is 12.2. The summed E-state index contributed by atoms with van der Waals surface area (Å²) in [5.74, 6) is -1.93. The van der Waals surface area contributed by atoms with Crippen LogP contribution in [0.1, 0.15) is 34.3 Å². The van der Waals surface area contributed by atoms with Gasteiger partial charge >= 0.3 is 11.9 Å². The Hall–Kier alpha value is -3.04. The molecule has 2 aromatic carbocycles. The van der Waals surface area contributed by atoms with Crippen LogP contribution in [-0.2, 0) is 22.6 Å². The number of carbonyl (C=O) groups is 3. The maximum Gasteiger partial charge on any atom is 0.328 e. The molecule has 2 aliphatic heterocycles. The van der Waals surface area contributed by atoms with Crippen molar-refractivity contribution >= 4 is 33.8 Å². The van der Waals surface area contributed by atoms with Crippen molar-refractivity contribution in [3.8, 4) is 0 Å². The molecule has 0 radical (unpaired) electrons. The van der Waals surface area contributed by atoms with E-state index in [-0.39, 0.29) is 11.7 Å². The van der Waals surface area contributed by atoms with Crippen LogP contribution >= 0.6 is 15.9 Å². The molecular formula is C26H28BrFN2O5. The van der Waals surface area contributed by atoms with Crippen LogP contribution in [-0.4, -0.2) is 64.0 Å². The van der Waals surface area contributed by atoms with Gasteiger partial charge in [-0.2, -0.15) is 0 Å². The largest absolute Gasteiger partial charge is 0.478 e. The van der Waals surface area contributed by atoms with E-state index in [0.717, 1.165) is 67.6 Å². The predicted octanol–water partition coefficient (Wildman–Crippen LogP) is 4.21. The van der Waals surface area contributed by atoms with E-state index in [1.165, 1.54) is 17.7 Å². The molecule has 1 amide bonds. The molecule has 9 heteroatoms. The van der Waals surface area contributed by atoms with E-state index in [1.54, 1.807) is 0 Å². The molecule has 2 aromatic rings. The molecule has 0 unspecified atom stereocenters. The smallest absolute Gasteiger partial charge is 0.328 e. The zero-order valence-electron chi connectivity index (χ0n) is 19.2. The molecule has 4 rings (SSSR count). The Labute approximate surface area is 212 Å². The van der Waals surface area contributed by atoms with Crippen LogP contribution < -0.4 is 0 Å². The van der Waals surface area contributed by atoms with E-state index in [9.17, 15) is 18.8 Å². The lowest BCUT2D eigenvalue weighted by atomic mass is 9.96. The number of carboxylic acids is 2. The topological polar surface area (TPSA) is 98.1 Å². The number of aliphatic carboxylic acids is 2. The maximum atomic E-state index is 13.0. The van der Waals surface area contributed by atoms with Gasteiger partial charge in [0.15, 0.2) is 0 Å². The SMILES string of the molecule is O=C(O)C=CC(=O)O.O=C1c2ccc(Br)cc2CN1CC1CCN(CCc2ccc(F)cc2)CC1. The van der Waals surface area contributed by atoms with Crippen molar-refractivity contribution < 1.29 is 29.0 Å². The Morgan fingerprint density at radius 2 is 1.66 bits per heavy atom. The van der Waals surface area contributed by atoms with Crippen LogP contribution in [0.15, 0.2) is 59.1 Å². The van der Waals surface area contributed by atoms with Crippen LogP contribution in [0.25, 0.3) is 0 Å². The molecule has 0 bridgehead atoms. The van der Waals surface area contributed by atoms with Gasteiger partial charge in [0.05, 0.1) is 0 Å². The number of nitrogens with zero attached hydrogens (tertiary/aromatic N) is 2. The van der Waals surface area contributed by atoms with E-state index in [0.29, 0.717) is 18.1 Å². The van der Waals surface area contributed by atoms with Gasteiger partial charge in [-0.25, -0.2) is 14.0 Å². The van der Waals surface area contributed by atoms with E-state index in [1.807, 2.05) is 29.2 Å². The standard InChI is InChI=1S/C22H24BrFN2O.C4H4O4/c23-19-3-6-21-18(13-19)15-26(22(21)27)14-17-8-11-25(12-9-17)10-7-16-1-4-20(24)5-2-16;5-3(6)1-2-4(7)8/h1-6,13,17H,7-12,14-15H2;1-2H,(H,5,6)(H,7,8). The molecule has 0 atom stereocenters. The molecular weight excluding hydrogens is 519 g/mol. The minimum Gasteiger partial charge on any atom is -0.478 e. The number of hydrogen-bond acceptors (Lipinski definition) is 4. The third kappa shape index (κ3) is 8.29. The molecule has 0 aromatic heterocycles. The normalized spacial score (nSPS) is 16.2. The van der Waals surface area contributed by atoms with Crippen molar-refractivity contribution in [2.45, 2.75) is 25.8 Å². The lowest BCUT2D eigenvalue weighted by molar-refractivity contribution is -0.134. The fourth-order valence-electron chi connectivity index (χ4n) is 4.28. The molecule has 0 saturated carbocycles. The van der Waals surface area contributed by atoms with Crippen molar-refractivity contribution in [3.63, 3.8) is 0 Å². The molecule has 2 aliphatic rings. The first-order chi connectivity index (χ1) is 16.7. The Morgan fingerprint density at radius 3 is 2.26 bits per heavy atom. The van der Waals surface area contributed by atoms with E-state index in [4.69, 9.17) is 10.2 Å². The summed E-state index contributed by atoms with van der Waals surface area (Å²) in [7, 11) is 0. The minimum absolute atomic E-state index is 0.175. The number of halogens is 2. The number of amides is 1. The van der Waals surface area contributed by atoms with Crippen LogP contribution in [0.3, 0.4) is 0 Å². The van der Waals surface area contributed by atoms with Crippen molar-refractivity contribution in [3.05, 3.63) is 81.6 Å². The van der Waals surface area contributed by atoms with Crippen molar-refractivity contribution in [1.29, 1.82) is 0 Å². The monoisotopic (exact) mass is 546 g/mol. The highest BCUT2D eigenvalue weighted by Crippen LogP contribution is 2.28. The molecule has 2 heterocycles. The van der Waals surface area contributed by atoms with Gasteiger partial charge in [-0.3, -0.25) is 4.79 Å². The van der Waals surface area contributed by atoms with Gasteiger partial charge in [0.1, 0.15) is 5.82 Å². The molecule has 1 fully saturated rings. The summed E-state index contributed by atoms with van der Waals surface area (Å²) in [5.41, 5.74) is 3.17. The maximum absolute atomic E-state index is 13.0. The summed E-state index contributed by atoms with van der Waals surface area (Å²) in [4.78, 5) is 36.2. The first kappa shape index (κ1) is 26.6. The van der Waals surface area contributed by atoms with E-state index < -0.39 is 11.9 Å².